The van der Waals surface area contributed by atoms with Gasteiger partial charge in [0.15, 0.2) is 0 Å². The molecule has 0 bridgehead atoms. The van der Waals surface area contributed by atoms with Gasteiger partial charge in [-0.2, -0.15) is 5.10 Å². The molecule has 1 N–H and O–H groups in total. The van der Waals surface area contributed by atoms with E-state index in [1.807, 2.05) is 0 Å². The fourth-order valence-corrected chi connectivity index (χ4v) is 1.07. The molecule has 68 valence electrons. The van der Waals surface area contributed by atoms with Crippen LogP contribution in [0.15, 0.2) is 0 Å². The van der Waals surface area contributed by atoms with Crippen LogP contribution >= 0.6 is 0 Å². The molecular formula is C9H17N3. The molecule has 0 saturated carbocycles. The molecule has 12 heavy (non-hydrogen) atoms. The highest BCUT2D eigenvalue weighted by Crippen LogP contribution is 2.17. The molecule has 0 spiro atoms. The quantitative estimate of drug-likeness (QED) is 0.731. The van der Waals surface area contributed by atoms with Gasteiger partial charge in [-0.15, -0.1) is 0 Å². The van der Waals surface area contributed by atoms with Gasteiger partial charge in [0.25, 0.3) is 0 Å². The lowest BCUT2D eigenvalue weighted by Gasteiger charge is -2.14. The van der Waals surface area contributed by atoms with Crippen LogP contribution in [-0.2, 0) is 12.8 Å². The minimum absolute atomic E-state index is 0.282. The third-order valence-corrected chi connectivity index (χ3v) is 1.59. The van der Waals surface area contributed by atoms with Gasteiger partial charge in [0.2, 0.25) is 0 Å². The zero-order chi connectivity index (χ0) is 9.19. The summed E-state index contributed by atoms with van der Waals surface area (Å²) in [5.74, 6) is 1.91. The third-order valence-electron chi connectivity index (χ3n) is 1.59. The van der Waals surface area contributed by atoms with Crippen LogP contribution in [0.4, 0.5) is 0 Å². The average Bonchev–Trinajstić information content (AvgIpc) is 2.32. The topological polar surface area (TPSA) is 41.6 Å². The summed E-state index contributed by atoms with van der Waals surface area (Å²) in [6, 6.07) is 0. The predicted molar refractivity (Wildman–Crippen MR) is 48.9 cm³/mol. The van der Waals surface area contributed by atoms with E-state index in [4.69, 9.17) is 0 Å². The molecule has 0 radical (unpaired) electrons. The van der Waals surface area contributed by atoms with Gasteiger partial charge >= 0.3 is 0 Å². The lowest BCUT2D eigenvalue weighted by atomic mass is 9.92. The molecule has 3 nitrogen and oxygen atoms in total. The Hall–Kier alpha value is -0.860. The maximum absolute atomic E-state index is 4.35. The van der Waals surface area contributed by atoms with E-state index >= 15 is 0 Å². The summed E-state index contributed by atoms with van der Waals surface area (Å²) in [6.45, 7) is 8.65. The van der Waals surface area contributed by atoms with E-state index in [1.54, 1.807) is 0 Å². The van der Waals surface area contributed by atoms with E-state index in [0.29, 0.717) is 0 Å². The number of aromatic nitrogens is 3. The van der Waals surface area contributed by atoms with Crippen LogP contribution in [-0.4, -0.2) is 15.2 Å². The minimum Gasteiger partial charge on any atom is -0.263 e. The first kappa shape index (κ1) is 9.23. The molecule has 0 amide bonds. The van der Waals surface area contributed by atoms with Crippen molar-refractivity contribution in [2.75, 3.05) is 0 Å². The number of aromatic amines is 1. The molecular weight excluding hydrogens is 150 g/mol. The molecule has 0 fully saturated rings. The molecule has 0 aliphatic rings. The van der Waals surface area contributed by atoms with Gasteiger partial charge < -0.3 is 0 Å². The van der Waals surface area contributed by atoms with Gasteiger partial charge in [0.1, 0.15) is 11.6 Å². The van der Waals surface area contributed by atoms with Crippen LogP contribution in [0, 0.1) is 5.41 Å². The Morgan fingerprint density at radius 3 is 2.42 bits per heavy atom. The number of H-pyrrole nitrogens is 1. The van der Waals surface area contributed by atoms with Crippen LogP contribution in [0.3, 0.4) is 0 Å². The monoisotopic (exact) mass is 167 g/mol. The predicted octanol–water partition coefficient (Wildman–Crippen LogP) is 1.96. The highest BCUT2D eigenvalue weighted by Gasteiger charge is 2.13. The molecule has 3 heteroatoms. The van der Waals surface area contributed by atoms with E-state index < -0.39 is 0 Å². The van der Waals surface area contributed by atoms with Crippen molar-refractivity contribution in [3.63, 3.8) is 0 Å². The SMILES string of the molecule is CCc1n[nH]c(CC(C)(C)C)n1. The molecule has 0 aromatic carbocycles. The van der Waals surface area contributed by atoms with Crippen molar-refractivity contribution in [3.8, 4) is 0 Å². The summed E-state index contributed by atoms with van der Waals surface area (Å²) < 4.78 is 0. The van der Waals surface area contributed by atoms with Crippen LogP contribution in [0.5, 0.6) is 0 Å². The first-order valence-electron chi connectivity index (χ1n) is 4.41. The van der Waals surface area contributed by atoms with Gasteiger partial charge in [0, 0.05) is 12.8 Å². The standard InChI is InChI=1S/C9H17N3/c1-5-7-10-8(12-11-7)6-9(2,3)4/h5-6H2,1-4H3,(H,10,11,12). The third kappa shape index (κ3) is 2.64. The smallest absolute Gasteiger partial charge is 0.150 e. The number of hydrogen-bond donors (Lipinski definition) is 1. The Bertz CT molecular complexity index is 245. The fourth-order valence-electron chi connectivity index (χ4n) is 1.07. The number of nitrogens with zero attached hydrogens (tertiary/aromatic N) is 2. The van der Waals surface area contributed by atoms with Crippen molar-refractivity contribution in [3.05, 3.63) is 11.6 Å². The maximum atomic E-state index is 4.35. The minimum atomic E-state index is 0.282. The lowest BCUT2D eigenvalue weighted by molar-refractivity contribution is 0.401. The van der Waals surface area contributed by atoms with Crippen molar-refractivity contribution in [1.82, 2.24) is 15.2 Å². The van der Waals surface area contributed by atoms with Gasteiger partial charge in [-0.3, -0.25) is 5.10 Å². The van der Waals surface area contributed by atoms with E-state index in [2.05, 4.69) is 42.9 Å². The number of rotatable bonds is 2. The highest BCUT2D eigenvalue weighted by atomic mass is 15.2. The summed E-state index contributed by atoms with van der Waals surface area (Å²) in [6.07, 6.45) is 1.86. The Labute approximate surface area is 73.6 Å². The zero-order valence-electron chi connectivity index (χ0n) is 8.31. The fraction of sp³-hybridized carbons (Fsp3) is 0.778. The maximum Gasteiger partial charge on any atom is 0.150 e. The van der Waals surface area contributed by atoms with Crippen molar-refractivity contribution in [2.45, 2.75) is 40.5 Å². The normalized spacial score (nSPS) is 12.0. The van der Waals surface area contributed by atoms with Gasteiger partial charge in [0.05, 0.1) is 0 Å². The first-order chi connectivity index (χ1) is 5.51. The van der Waals surface area contributed by atoms with Crippen LogP contribution in [0.2, 0.25) is 0 Å². The van der Waals surface area contributed by atoms with Crippen LogP contribution < -0.4 is 0 Å². The highest BCUT2D eigenvalue weighted by molar-refractivity contribution is 4.92. The molecule has 0 saturated heterocycles. The molecule has 0 aliphatic carbocycles. The zero-order valence-corrected chi connectivity index (χ0v) is 8.31. The van der Waals surface area contributed by atoms with Crippen molar-refractivity contribution in [2.24, 2.45) is 5.41 Å². The van der Waals surface area contributed by atoms with Crippen molar-refractivity contribution >= 4 is 0 Å². The molecule has 0 unspecified atom stereocenters. The van der Waals surface area contributed by atoms with Crippen LogP contribution in [0.1, 0.15) is 39.3 Å². The Morgan fingerprint density at radius 2 is 2.00 bits per heavy atom. The summed E-state index contributed by atoms with van der Waals surface area (Å²) in [5.41, 5.74) is 0.282. The number of nitrogens with one attached hydrogen (secondary N) is 1. The van der Waals surface area contributed by atoms with Gasteiger partial charge in [-0.05, 0) is 5.41 Å². The van der Waals surface area contributed by atoms with Crippen LogP contribution in [0.25, 0.3) is 0 Å². The second-order valence-corrected chi connectivity index (χ2v) is 4.29. The first-order valence-corrected chi connectivity index (χ1v) is 4.41. The average molecular weight is 167 g/mol. The van der Waals surface area contributed by atoms with Crippen molar-refractivity contribution < 1.29 is 0 Å². The largest absolute Gasteiger partial charge is 0.263 e. The van der Waals surface area contributed by atoms with E-state index in [9.17, 15) is 0 Å². The van der Waals surface area contributed by atoms with Crippen molar-refractivity contribution in [1.29, 1.82) is 0 Å². The number of hydrogen-bond acceptors (Lipinski definition) is 2. The molecule has 0 aliphatic heterocycles. The van der Waals surface area contributed by atoms with E-state index in [1.165, 1.54) is 0 Å². The molecule has 1 aromatic rings. The Morgan fingerprint density at radius 1 is 1.33 bits per heavy atom. The summed E-state index contributed by atoms with van der Waals surface area (Å²) in [4.78, 5) is 4.35. The Balaban J connectivity index is 2.64. The number of aryl methyl sites for hydroxylation is 1. The summed E-state index contributed by atoms with van der Waals surface area (Å²) >= 11 is 0. The van der Waals surface area contributed by atoms with E-state index in [-0.39, 0.29) is 5.41 Å². The van der Waals surface area contributed by atoms with Gasteiger partial charge in [-0.25, -0.2) is 4.98 Å². The second kappa shape index (κ2) is 3.25. The molecule has 1 heterocycles. The molecule has 1 rings (SSSR count). The van der Waals surface area contributed by atoms with E-state index in [0.717, 1.165) is 24.5 Å². The summed E-state index contributed by atoms with van der Waals surface area (Å²) in [5, 5.41) is 7.03. The van der Waals surface area contributed by atoms with Gasteiger partial charge in [-0.1, -0.05) is 27.7 Å². The molecule has 0 atom stereocenters. The lowest BCUT2D eigenvalue weighted by Crippen LogP contribution is -2.10. The Kier molecular flexibility index (Phi) is 2.50. The molecule has 1 aromatic heterocycles. The second-order valence-electron chi connectivity index (χ2n) is 4.29. The summed E-state index contributed by atoms with van der Waals surface area (Å²) in [7, 11) is 0.